The Kier molecular flexibility index (Phi) is 7.13. The molecule has 1 aromatic carbocycles. The Morgan fingerprint density at radius 2 is 2.00 bits per heavy atom. The van der Waals surface area contributed by atoms with E-state index in [0.29, 0.717) is 31.5 Å². The van der Waals surface area contributed by atoms with Crippen molar-refractivity contribution in [2.24, 2.45) is 5.92 Å². The van der Waals surface area contributed by atoms with E-state index in [2.05, 4.69) is 34.1 Å². The Labute approximate surface area is 180 Å². The Bertz CT molecular complexity index is 801. The van der Waals surface area contributed by atoms with E-state index in [9.17, 15) is 4.79 Å². The molecule has 30 heavy (non-hydrogen) atoms. The molecule has 5 heteroatoms. The van der Waals surface area contributed by atoms with Crippen LogP contribution in [0.15, 0.2) is 48.8 Å². The van der Waals surface area contributed by atoms with Crippen LogP contribution in [0.5, 0.6) is 0 Å². The van der Waals surface area contributed by atoms with Gasteiger partial charge in [-0.2, -0.15) is 0 Å². The molecule has 2 aliphatic rings. The maximum atomic E-state index is 13.0. The Hall–Kier alpha value is -2.24. The van der Waals surface area contributed by atoms with Crippen LogP contribution in [-0.2, 0) is 28.8 Å². The Balaban J connectivity index is 1.36. The molecule has 0 radical (unpaired) electrons. The summed E-state index contributed by atoms with van der Waals surface area (Å²) in [6.45, 7) is 4.31. The summed E-state index contributed by atoms with van der Waals surface area (Å²) in [5, 5.41) is 0. The number of fused-ring (bicyclic) bond motifs is 1. The summed E-state index contributed by atoms with van der Waals surface area (Å²) in [7, 11) is 1.70. The fourth-order valence-corrected chi connectivity index (χ4v) is 4.99. The van der Waals surface area contributed by atoms with Crippen molar-refractivity contribution in [3.8, 4) is 0 Å². The van der Waals surface area contributed by atoms with Crippen molar-refractivity contribution in [2.75, 3.05) is 39.9 Å². The summed E-state index contributed by atoms with van der Waals surface area (Å²) in [4.78, 5) is 21.8. The third-order valence-corrected chi connectivity index (χ3v) is 6.57. The maximum absolute atomic E-state index is 13.0. The summed E-state index contributed by atoms with van der Waals surface area (Å²) in [6.07, 6.45) is 8.67. The lowest BCUT2D eigenvalue weighted by molar-refractivity contribution is -0.132. The van der Waals surface area contributed by atoms with Gasteiger partial charge in [0.25, 0.3) is 0 Å². The second-order valence-electron chi connectivity index (χ2n) is 8.70. The molecule has 0 saturated carbocycles. The first-order chi connectivity index (χ1) is 14.7. The predicted octanol–water partition coefficient (Wildman–Crippen LogP) is 2.98. The van der Waals surface area contributed by atoms with Crippen LogP contribution in [-0.4, -0.2) is 66.6 Å². The summed E-state index contributed by atoms with van der Waals surface area (Å²) in [6, 6.07) is 13.3. The molecule has 2 aromatic rings. The van der Waals surface area contributed by atoms with Crippen molar-refractivity contribution in [2.45, 2.75) is 38.1 Å². The van der Waals surface area contributed by atoms with Gasteiger partial charge in [0.15, 0.2) is 0 Å². The van der Waals surface area contributed by atoms with Gasteiger partial charge in [0.2, 0.25) is 5.91 Å². The van der Waals surface area contributed by atoms with Crippen LogP contribution in [0, 0.1) is 5.92 Å². The van der Waals surface area contributed by atoms with E-state index in [-0.39, 0.29) is 5.91 Å². The highest BCUT2D eigenvalue weighted by Crippen LogP contribution is 2.29. The number of pyridine rings is 1. The fourth-order valence-electron chi connectivity index (χ4n) is 4.99. The molecule has 160 valence electrons. The van der Waals surface area contributed by atoms with Crippen molar-refractivity contribution in [3.05, 3.63) is 65.5 Å². The molecule has 1 aliphatic carbocycles. The average Bonchev–Trinajstić information content (AvgIpc) is 3.22. The van der Waals surface area contributed by atoms with E-state index in [1.807, 2.05) is 17.0 Å². The molecule has 1 aromatic heterocycles. The predicted molar refractivity (Wildman–Crippen MR) is 118 cm³/mol. The number of piperidine rings is 1. The quantitative estimate of drug-likeness (QED) is 0.675. The number of methoxy groups -OCH3 is 1. The van der Waals surface area contributed by atoms with Gasteiger partial charge in [-0.25, -0.2) is 0 Å². The minimum absolute atomic E-state index is 0.172. The van der Waals surface area contributed by atoms with Crippen molar-refractivity contribution in [1.82, 2.24) is 14.8 Å². The SMILES string of the molecule is COCCN(CC1CCCN(C2Cc3ccccc3C2)C1)C(=O)Cc1cccnc1. The highest BCUT2D eigenvalue weighted by Gasteiger charge is 2.31. The minimum atomic E-state index is 0.172. The molecule has 0 spiro atoms. The summed E-state index contributed by atoms with van der Waals surface area (Å²) < 4.78 is 5.28. The molecule has 1 unspecified atom stereocenters. The Morgan fingerprint density at radius 1 is 1.20 bits per heavy atom. The summed E-state index contributed by atoms with van der Waals surface area (Å²) in [5.41, 5.74) is 4.00. The van der Waals surface area contributed by atoms with Gasteiger partial charge < -0.3 is 9.64 Å². The van der Waals surface area contributed by atoms with Crippen molar-refractivity contribution < 1.29 is 9.53 Å². The van der Waals surface area contributed by atoms with E-state index in [1.165, 1.54) is 30.5 Å². The summed E-state index contributed by atoms with van der Waals surface area (Å²) in [5.74, 6) is 0.697. The molecule has 1 amide bonds. The summed E-state index contributed by atoms with van der Waals surface area (Å²) >= 11 is 0. The first kappa shape index (κ1) is 21.0. The number of aromatic nitrogens is 1. The largest absolute Gasteiger partial charge is 0.383 e. The van der Waals surface area contributed by atoms with Crippen molar-refractivity contribution >= 4 is 5.91 Å². The fraction of sp³-hybridized carbons (Fsp3) is 0.520. The van der Waals surface area contributed by atoms with Crippen molar-refractivity contribution in [3.63, 3.8) is 0 Å². The van der Waals surface area contributed by atoms with Gasteiger partial charge in [-0.05, 0) is 60.9 Å². The van der Waals surface area contributed by atoms with Gasteiger partial charge in [-0.1, -0.05) is 30.3 Å². The number of hydrogen-bond donors (Lipinski definition) is 0. The van der Waals surface area contributed by atoms with E-state index < -0.39 is 0 Å². The highest BCUT2D eigenvalue weighted by atomic mass is 16.5. The number of carbonyl (C=O) groups is 1. The standard InChI is InChI=1S/C25H33N3O2/c1-30-13-12-28(25(29)14-20-6-4-10-26-17-20)19-21-7-5-11-27(18-21)24-15-22-8-2-3-9-23(22)16-24/h2-4,6,8-10,17,21,24H,5,7,11-16,18-19H2,1H3. The average molecular weight is 408 g/mol. The third kappa shape index (κ3) is 5.27. The zero-order valence-electron chi connectivity index (χ0n) is 18.0. The number of nitrogens with zero attached hydrogens (tertiary/aromatic N) is 3. The number of benzene rings is 1. The van der Waals surface area contributed by atoms with Gasteiger partial charge in [0.05, 0.1) is 13.0 Å². The molecule has 1 saturated heterocycles. The van der Waals surface area contributed by atoms with Crippen LogP contribution >= 0.6 is 0 Å². The van der Waals surface area contributed by atoms with Gasteiger partial charge in [-0.3, -0.25) is 14.7 Å². The molecular weight excluding hydrogens is 374 g/mol. The van der Waals surface area contributed by atoms with Crippen LogP contribution in [0.3, 0.4) is 0 Å². The molecule has 0 bridgehead atoms. The smallest absolute Gasteiger partial charge is 0.227 e. The normalized spacial score (nSPS) is 19.6. The first-order valence-corrected chi connectivity index (χ1v) is 11.2. The zero-order chi connectivity index (χ0) is 20.8. The minimum Gasteiger partial charge on any atom is -0.383 e. The molecule has 2 heterocycles. The number of hydrogen-bond acceptors (Lipinski definition) is 4. The van der Waals surface area contributed by atoms with Crippen molar-refractivity contribution in [1.29, 1.82) is 0 Å². The molecule has 0 N–H and O–H groups in total. The lowest BCUT2D eigenvalue weighted by Gasteiger charge is -2.38. The van der Waals surface area contributed by atoms with Gasteiger partial charge in [0, 0.05) is 45.2 Å². The van der Waals surface area contributed by atoms with E-state index >= 15 is 0 Å². The molecule has 1 fully saturated rings. The number of ether oxygens (including phenoxy) is 1. The highest BCUT2D eigenvalue weighted by molar-refractivity contribution is 5.78. The topological polar surface area (TPSA) is 45.7 Å². The molecule has 4 rings (SSSR count). The van der Waals surface area contributed by atoms with Gasteiger partial charge >= 0.3 is 0 Å². The van der Waals surface area contributed by atoms with Crippen LogP contribution in [0.2, 0.25) is 0 Å². The Morgan fingerprint density at radius 3 is 2.70 bits per heavy atom. The van der Waals surface area contributed by atoms with Crippen LogP contribution < -0.4 is 0 Å². The maximum Gasteiger partial charge on any atom is 0.227 e. The van der Waals surface area contributed by atoms with Gasteiger partial charge in [0.1, 0.15) is 0 Å². The second-order valence-corrected chi connectivity index (χ2v) is 8.70. The first-order valence-electron chi connectivity index (χ1n) is 11.2. The van der Waals surface area contributed by atoms with Crippen LogP contribution in [0.1, 0.15) is 29.5 Å². The van der Waals surface area contributed by atoms with E-state index in [0.717, 1.165) is 31.5 Å². The monoisotopic (exact) mass is 407 g/mol. The number of likely N-dealkylation sites (tertiary alicyclic amines) is 1. The van der Waals surface area contributed by atoms with E-state index in [1.54, 1.807) is 19.5 Å². The molecule has 1 atom stereocenters. The molecular formula is C25H33N3O2. The second kappa shape index (κ2) is 10.2. The lowest BCUT2D eigenvalue weighted by Crippen LogP contribution is -2.47. The van der Waals surface area contributed by atoms with E-state index in [4.69, 9.17) is 4.74 Å². The number of carbonyl (C=O) groups excluding carboxylic acids is 1. The zero-order valence-corrected chi connectivity index (χ0v) is 18.0. The van der Waals surface area contributed by atoms with Crippen LogP contribution in [0.4, 0.5) is 0 Å². The van der Waals surface area contributed by atoms with Gasteiger partial charge in [-0.15, -0.1) is 0 Å². The number of amides is 1. The molecule has 5 nitrogen and oxygen atoms in total. The third-order valence-electron chi connectivity index (χ3n) is 6.57. The number of rotatable bonds is 8. The lowest BCUT2D eigenvalue weighted by atomic mass is 9.95. The molecule has 1 aliphatic heterocycles. The van der Waals surface area contributed by atoms with Crippen LogP contribution in [0.25, 0.3) is 0 Å².